The van der Waals surface area contributed by atoms with Crippen LogP contribution in [0.3, 0.4) is 0 Å². The van der Waals surface area contributed by atoms with Crippen molar-refractivity contribution < 1.29 is 27.6 Å². The molecular weight excluding hydrogens is 789 g/mol. The molecule has 2 heterocycles. The average Bonchev–Trinajstić information content (AvgIpc) is 3.26. The van der Waals surface area contributed by atoms with E-state index >= 15 is 0 Å². The number of ether oxygens (including phenoxy) is 2. The van der Waals surface area contributed by atoms with Crippen LogP contribution < -0.4 is 19.7 Å². The summed E-state index contributed by atoms with van der Waals surface area (Å²) in [7, 11) is -4.40. The number of nitrogens with one attached hydrogen (secondary N) is 2. The number of rotatable bonds is 17. The van der Waals surface area contributed by atoms with Crippen LogP contribution in [0.4, 0.5) is 17.1 Å². The lowest BCUT2D eigenvalue weighted by atomic mass is 9.99. The molecule has 15 heteroatoms. The Bertz CT molecular complexity index is 2280. The summed E-state index contributed by atoms with van der Waals surface area (Å²) in [5.41, 5.74) is 4.48. The van der Waals surface area contributed by atoms with Gasteiger partial charge in [0.2, 0.25) is 0 Å². The quantitative estimate of drug-likeness (QED) is 0.0450. The van der Waals surface area contributed by atoms with Gasteiger partial charge in [0.15, 0.2) is 0 Å². The van der Waals surface area contributed by atoms with E-state index in [9.17, 15) is 23.3 Å². The Hall–Kier alpha value is -5.45. The zero-order valence-electron chi connectivity index (χ0n) is 32.7. The van der Waals surface area contributed by atoms with Crippen LogP contribution >= 0.6 is 11.8 Å². The first-order chi connectivity index (χ1) is 28.7. The number of thioether (sulfide) groups is 1. The highest BCUT2D eigenvalue weighted by Crippen LogP contribution is 2.30. The van der Waals surface area contributed by atoms with Crippen molar-refractivity contribution in [3.05, 3.63) is 143 Å². The van der Waals surface area contributed by atoms with E-state index in [-0.39, 0.29) is 16.1 Å². The fourth-order valence-corrected chi connectivity index (χ4v) is 8.89. The normalized spacial score (nSPS) is 15.1. The number of hydrogen-bond donors (Lipinski definition) is 2. The van der Waals surface area contributed by atoms with Gasteiger partial charge in [-0.25, -0.2) is 13.1 Å². The predicted octanol–water partition coefficient (Wildman–Crippen LogP) is 6.62. The van der Waals surface area contributed by atoms with Crippen molar-refractivity contribution in [2.24, 2.45) is 0 Å². The molecule has 0 aromatic heterocycles. The first-order valence-corrected chi connectivity index (χ1v) is 22.1. The summed E-state index contributed by atoms with van der Waals surface area (Å²) in [4.78, 5) is 32.0. The molecule has 0 atom stereocenters. The van der Waals surface area contributed by atoms with Gasteiger partial charge in [0.1, 0.15) is 18.0 Å². The van der Waals surface area contributed by atoms with E-state index in [1.54, 1.807) is 23.9 Å². The fourth-order valence-electron chi connectivity index (χ4n) is 7.11. The third-order valence-corrected chi connectivity index (χ3v) is 12.7. The molecule has 0 saturated carbocycles. The number of nitrogens with zero attached hydrogens (tertiary/aromatic N) is 4. The maximum absolute atomic E-state index is 13.2. The summed E-state index contributed by atoms with van der Waals surface area (Å²) < 4.78 is 39.9. The summed E-state index contributed by atoms with van der Waals surface area (Å²) in [5, 5.41) is 14.9. The molecule has 0 spiro atoms. The Morgan fingerprint density at radius 3 is 2.25 bits per heavy atom. The molecule has 0 aliphatic carbocycles. The number of morpholine rings is 1. The summed E-state index contributed by atoms with van der Waals surface area (Å²) in [6.07, 6.45) is 0. The maximum atomic E-state index is 13.2. The molecule has 5 aromatic rings. The highest BCUT2D eigenvalue weighted by molar-refractivity contribution is 7.99. The summed E-state index contributed by atoms with van der Waals surface area (Å²) in [5.74, 6) is 0.682. The van der Waals surface area contributed by atoms with E-state index in [4.69, 9.17) is 9.47 Å². The van der Waals surface area contributed by atoms with E-state index in [0.29, 0.717) is 18.9 Å². The van der Waals surface area contributed by atoms with Crippen molar-refractivity contribution in [2.75, 3.05) is 88.1 Å². The van der Waals surface area contributed by atoms with E-state index in [1.807, 2.05) is 54.6 Å². The van der Waals surface area contributed by atoms with Crippen molar-refractivity contribution >= 4 is 44.8 Å². The summed E-state index contributed by atoms with van der Waals surface area (Å²) >= 11 is 1.59. The Labute approximate surface area is 349 Å². The second-order valence-electron chi connectivity index (χ2n) is 14.3. The molecule has 0 unspecified atom stereocenters. The molecule has 2 fully saturated rings. The first kappa shape index (κ1) is 41.7. The van der Waals surface area contributed by atoms with Gasteiger partial charge in [-0.1, -0.05) is 54.6 Å². The lowest BCUT2D eigenvalue weighted by Gasteiger charge is -2.36. The monoisotopic (exact) mass is 836 g/mol. The average molecular weight is 837 g/mol. The van der Waals surface area contributed by atoms with Crippen LogP contribution in [0.25, 0.3) is 11.1 Å². The van der Waals surface area contributed by atoms with Gasteiger partial charge in [0.25, 0.3) is 21.6 Å². The minimum atomic E-state index is -4.40. The number of nitro benzene ring substituents is 1. The second kappa shape index (κ2) is 20.0. The number of sulfonamides is 1. The van der Waals surface area contributed by atoms with Crippen molar-refractivity contribution in [3.63, 3.8) is 0 Å². The zero-order chi connectivity index (χ0) is 41.0. The second-order valence-corrected chi connectivity index (χ2v) is 17.1. The van der Waals surface area contributed by atoms with E-state index in [1.165, 1.54) is 23.3 Å². The minimum Gasteiger partial charge on any atom is -0.492 e. The Morgan fingerprint density at radius 1 is 0.814 bits per heavy atom. The van der Waals surface area contributed by atoms with Gasteiger partial charge in [-0.3, -0.25) is 24.7 Å². The van der Waals surface area contributed by atoms with Gasteiger partial charge in [0, 0.05) is 86.9 Å². The molecule has 7 rings (SSSR count). The lowest BCUT2D eigenvalue weighted by molar-refractivity contribution is -0.384. The van der Waals surface area contributed by atoms with Crippen LogP contribution in [0, 0.1) is 10.1 Å². The molecule has 2 saturated heterocycles. The SMILES string of the molecule is O=C(NS(=O)(=O)c1ccc(NCCSc2ccccc2)c([N+](=O)[O-])c1)c1ccc(N2CCN(Cc3ccccc3-c3ccc(OCCN4CCOCC4)cc3)CC2)cc1. The molecule has 308 valence electrons. The smallest absolute Gasteiger partial charge is 0.293 e. The number of nitro groups is 1. The van der Waals surface area contributed by atoms with E-state index in [2.05, 4.69) is 61.1 Å². The van der Waals surface area contributed by atoms with Crippen LogP contribution in [0.15, 0.2) is 131 Å². The number of piperazine rings is 1. The number of amides is 1. The molecule has 5 aromatic carbocycles. The molecule has 0 bridgehead atoms. The van der Waals surface area contributed by atoms with Gasteiger partial charge in [-0.05, 0) is 77.4 Å². The van der Waals surface area contributed by atoms with Gasteiger partial charge in [-0.15, -0.1) is 11.8 Å². The number of benzene rings is 5. The summed E-state index contributed by atoms with van der Waals surface area (Å²) in [6.45, 7) is 9.49. The van der Waals surface area contributed by atoms with Crippen molar-refractivity contribution in [2.45, 2.75) is 16.3 Å². The largest absolute Gasteiger partial charge is 0.492 e. The molecule has 2 N–H and O–H groups in total. The zero-order valence-corrected chi connectivity index (χ0v) is 34.3. The highest BCUT2D eigenvalue weighted by atomic mass is 32.2. The highest BCUT2D eigenvalue weighted by Gasteiger charge is 2.25. The van der Waals surface area contributed by atoms with Crippen LogP contribution in [0.2, 0.25) is 0 Å². The fraction of sp³-hybridized carbons (Fsp3) is 0.295. The molecule has 2 aliphatic rings. The molecular formula is C44H48N6O7S2. The van der Waals surface area contributed by atoms with Gasteiger partial charge >= 0.3 is 0 Å². The third-order valence-electron chi connectivity index (χ3n) is 10.4. The molecule has 1 amide bonds. The Balaban J connectivity index is 0.888. The summed E-state index contributed by atoms with van der Waals surface area (Å²) in [6, 6.07) is 36.9. The van der Waals surface area contributed by atoms with Crippen molar-refractivity contribution in [3.8, 4) is 16.9 Å². The van der Waals surface area contributed by atoms with E-state index < -0.39 is 26.5 Å². The number of hydrogen-bond acceptors (Lipinski definition) is 12. The molecule has 0 radical (unpaired) electrons. The molecule has 59 heavy (non-hydrogen) atoms. The van der Waals surface area contributed by atoms with Crippen molar-refractivity contribution in [1.82, 2.24) is 14.5 Å². The number of anilines is 2. The number of carbonyl (C=O) groups excluding carboxylic acids is 1. The van der Waals surface area contributed by atoms with Crippen LogP contribution in [0.5, 0.6) is 5.75 Å². The van der Waals surface area contributed by atoms with Crippen LogP contribution in [-0.4, -0.2) is 107 Å². The minimum absolute atomic E-state index is 0.156. The lowest BCUT2D eigenvalue weighted by Crippen LogP contribution is -2.46. The first-order valence-electron chi connectivity index (χ1n) is 19.7. The van der Waals surface area contributed by atoms with Gasteiger partial charge in [-0.2, -0.15) is 0 Å². The Kier molecular flexibility index (Phi) is 14.1. The topological polar surface area (TPSA) is 147 Å². The van der Waals surface area contributed by atoms with Crippen LogP contribution in [0.1, 0.15) is 15.9 Å². The predicted molar refractivity (Wildman–Crippen MR) is 232 cm³/mol. The van der Waals surface area contributed by atoms with Gasteiger partial charge in [0.05, 0.1) is 23.0 Å². The molecule has 13 nitrogen and oxygen atoms in total. The standard InChI is InChI=1S/C44H48N6O7S2/c51-44(46-59(54,55)40-18-19-42(43(32-40)50(52)53)45-20-31-58-39-7-2-1-3-8-39)35-10-14-37(15-11-35)49-23-21-48(22-24-49)33-36-6-4-5-9-41(36)34-12-16-38(17-13-34)57-30-27-47-25-28-56-29-26-47/h1-19,32,45H,20-31,33H2,(H,46,51). The maximum Gasteiger partial charge on any atom is 0.293 e. The van der Waals surface area contributed by atoms with Crippen molar-refractivity contribution in [1.29, 1.82) is 0 Å². The number of carbonyl (C=O) groups is 1. The Morgan fingerprint density at radius 2 is 1.53 bits per heavy atom. The van der Waals surface area contributed by atoms with Gasteiger partial charge < -0.3 is 19.7 Å². The van der Waals surface area contributed by atoms with Crippen LogP contribution in [-0.2, 0) is 21.3 Å². The molecule has 2 aliphatic heterocycles. The van der Waals surface area contributed by atoms with E-state index in [0.717, 1.165) is 93.5 Å². The third kappa shape index (κ3) is 11.4.